The largest absolute Gasteiger partial charge is 0.396 e. The number of aliphatic hydroxyl groups is 1. The van der Waals surface area contributed by atoms with Crippen molar-refractivity contribution in [2.45, 2.75) is 20.3 Å². The van der Waals surface area contributed by atoms with Crippen LogP contribution in [0.3, 0.4) is 0 Å². The van der Waals surface area contributed by atoms with Crippen LogP contribution < -0.4 is 4.31 Å². The Morgan fingerprint density at radius 3 is 2.11 bits per heavy atom. The van der Waals surface area contributed by atoms with Gasteiger partial charge in [-0.1, -0.05) is 6.07 Å². The molecule has 0 aliphatic heterocycles. The molecule has 0 atom stereocenters. The molecule has 0 saturated heterocycles. The van der Waals surface area contributed by atoms with Gasteiger partial charge in [-0.3, -0.25) is 4.31 Å². The second-order valence-corrected chi connectivity index (χ2v) is 6.79. The van der Waals surface area contributed by atoms with Crippen molar-refractivity contribution >= 4 is 15.9 Å². The van der Waals surface area contributed by atoms with E-state index >= 15 is 0 Å². The van der Waals surface area contributed by atoms with E-state index in [2.05, 4.69) is 0 Å². The van der Waals surface area contributed by atoms with Crippen LogP contribution in [0.1, 0.15) is 17.5 Å². The highest BCUT2D eigenvalue weighted by Crippen LogP contribution is 2.21. The first-order valence-corrected chi connectivity index (χ1v) is 7.58. The minimum Gasteiger partial charge on any atom is -0.396 e. The molecule has 0 aliphatic rings. The highest BCUT2D eigenvalue weighted by atomic mass is 32.2. The molecule has 1 aromatic carbocycles. The van der Waals surface area contributed by atoms with Gasteiger partial charge in [0.1, 0.15) is 0 Å². The summed E-state index contributed by atoms with van der Waals surface area (Å²) in [6.07, 6.45) is 0.427. The van der Waals surface area contributed by atoms with Crippen molar-refractivity contribution in [3.8, 4) is 0 Å². The third-order valence-corrected chi connectivity index (χ3v) is 4.81. The zero-order valence-electron chi connectivity index (χ0n) is 11.9. The van der Waals surface area contributed by atoms with Crippen molar-refractivity contribution in [1.29, 1.82) is 0 Å². The summed E-state index contributed by atoms with van der Waals surface area (Å²) in [6.45, 7) is 4.15. The summed E-state index contributed by atoms with van der Waals surface area (Å²) in [7, 11) is -0.484. The fraction of sp³-hybridized carbons (Fsp3) is 0.538. The number of hydrogen-bond acceptors (Lipinski definition) is 3. The SMILES string of the molecule is Cc1cc(C)cc(N(C)S(=O)(=O)N(C)CCCO)c1. The van der Waals surface area contributed by atoms with Crippen LogP contribution in [-0.4, -0.2) is 45.1 Å². The van der Waals surface area contributed by atoms with Gasteiger partial charge in [-0.2, -0.15) is 12.7 Å². The minimum absolute atomic E-state index is 0.0207. The molecule has 0 aliphatic carbocycles. The first-order valence-electron chi connectivity index (χ1n) is 6.18. The van der Waals surface area contributed by atoms with Crippen molar-refractivity contribution in [1.82, 2.24) is 4.31 Å². The smallest absolute Gasteiger partial charge is 0.303 e. The fourth-order valence-electron chi connectivity index (χ4n) is 1.88. The van der Waals surface area contributed by atoms with Gasteiger partial charge in [0.05, 0.1) is 5.69 Å². The number of rotatable bonds is 6. The van der Waals surface area contributed by atoms with E-state index in [-0.39, 0.29) is 6.61 Å². The number of aryl methyl sites for hydroxylation is 2. The zero-order chi connectivity index (χ0) is 14.6. The highest BCUT2D eigenvalue weighted by molar-refractivity contribution is 7.90. The summed E-state index contributed by atoms with van der Waals surface area (Å²) in [4.78, 5) is 0. The molecule has 5 nitrogen and oxygen atoms in total. The van der Waals surface area contributed by atoms with Crippen LogP contribution in [0.5, 0.6) is 0 Å². The Labute approximate surface area is 115 Å². The molecule has 19 heavy (non-hydrogen) atoms. The van der Waals surface area contributed by atoms with Crippen molar-refractivity contribution < 1.29 is 13.5 Å². The molecule has 1 N–H and O–H groups in total. The Kier molecular flexibility index (Phi) is 5.34. The van der Waals surface area contributed by atoms with Crippen LogP contribution in [0.15, 0.2) is 18.2 Å². The lowest BCUT2D eigenvalue weighted by molar-refractivity contribution is 0.275. The Hall–Kier alpha value is -1.11. The number of nitrogens with zero attached hydrogens (tertiary/aromatic N) is 2. The Morgan fingerprint density at radius 2 is 1.63 bits per heavy atom. The van der Waals surface area contributed by atoms with E-state index in [0.717, 1.165) is 11.1 Å². The Bertz CT molecular complexity index is 508. The van der Waals surface area contributed by atoms with E-state index in [9.17, 15) is 8.42 Å². The van der Waals surface area contributed by atoms with Gasteiger partial charge in [-0.25, -0.2) is 0 Å². The topological polar surface area (TPSA) is 60.9 Å². The molecule has 1 rings (SSSR count). The maximum Gasteiger partial charge on any atom is 0.303 e. The Balaban J connectivity index is 3.00. The number of aliphatic hydroxyl groups excluding tert-OH is 1. The summed E-state index contributed by atoms with van der Waals surface area (Å²) in [6, 6.07) is 5.67. The van der Waals surface area contributed by atoms with E-state index < -0.39 is 10.2 Å². The lowest BCUT2D eigenvalue weighted by Gasteiger charge is -2.26. The van der Waals surface area contributed by atoms with E-state index in [1.807, 2.05) is 32.0 Å². The molecule has 0 spiro atoms. The molecule has 108 valence electrons. The predicted octanol–water partition coefficient (Wildman–Crippen LogP) is 1.30. The van der Waals surface area contributed by atoms with Crippen LogP contribution in [0, 0.1) is 13.8 Å². The van der Waals surface area contributed by atoms with Gasteiger partial charge >= 0.3 is 10.2 Å². The summed E-state index contributed by atoms with van der Waals surface area (Å²) >= 11 is 0. The van der Waals surface area contributed by atoms with Crippen LogP contribution in [-0.2, 0) is 10.2 Å². The van der Waals surface area contributed by atoms with E-state index in [0.29, 0.717) is 18.7 Å². The minimum atomic E-state index is -3.54. The fourth-order valence-corrected chi connectivity index (χ4v) is 3.03. The van der Waals surface area contributed by atoms with Crippen molar-refractivity contribution in [2.75, 3.05) is 31.6 Å². The van der Waals surface area contributed by atoms with Crippen LogP contribution in [0.4, 0.5) is 5.69 Å². The summed E-state index contributed by atoms with van der Waals surface area (Å²) in [5, 5.41) is 8.77. The third kappa shape index (κ3) is 3.92. The molecule has 1 aromatic rings. The lowest BCUT2D eigenvalue weighted by Crippen LogP contribution is -2.40. The third-order valence-electron chi connectivity index (χ3n) is 2.94. The number of benzene rings is 1. The standard InChI is InChI=1S/C13H22N2O3S/c1-11-8-12(2)10-13(9-11)15(4)19(17,18)14(3)6-5-7-16/h8-10,16H,5-7H2,1-4H3. The normalized spacial score (nSPS) is 11.9. The monoisotopic (exact) mass is 286 g/mol. The first-order chi connectivity index (χ1) is 8.78. The summed E-state index contributed by atoms with van der Waals surface area (Å²) in [5.41, 5.74) is 2.69. The van der Waals surface area contributed by atoms with Gasteiger partial charge < -0.3 is 5.11 Å². The first kappa shape index (κ1) is 15.9. The molecule has 6 heteroatoms. The van der Waals surface area contributed by atoms with Gasteiger partial charge in [0, 0.05) is 27.2 Å². The molecule has 0 radical (unpaired) electrons. The van der Waals surface area contributed by atoms with Gasteiger partial charge in [0.2, 0.25) is 0 Å². The van der Waals surface area contributed by atoms with E-state index in [4.69, 9.17) is 5.11 Å². The zero-order valence-corrected chi connectivity index (χ0v) is 12.7. The Morgan fingerprint density at radius 1 is 1.11 bits per heavy atom. The summed E-state index contributed by atoms with van der Waals surface area (Å²) < 4.78 is 27.2. The van der Waals surface area contributed by atoms with Crippen LogP contribution in [0.2, 0.25) is 0 Å². The van der Waals surface area contributed by atoms with Gasteiger partial charge in [0.15, 0.2) is 0 Å². The van der Waals surface area contributed by atoms with Crippen molar-refractivity contribution in [2.24, 2.45) is 0 Å². The van der Waals surface area contributed by atoms with Crippen molar-refractivity contribution in [3.05, 3.63) is 29.3 Å². The molecule has 0 fully saturated rings. The molecular formula is C13H22N2O3S. The molecule has 0 amide bonds. The predicted molar refractivity (Wildman–Crippen MR) is 77.6 cm³/mol. The van der Waals surface area contributed by atoms with Gasteiger partial charge in [0.25, 0.3) is 0 Å². The van der Waals surface area contributed by atoms with Gasteiger partial charge in [-0.15, -0.1) is 0 Å². The average Bonchev–Trinajstić information content (AvgIpc) is 2.33. The maximum absolute atomic E-state index is 12.3. The number of anilines is 1. The van der Waals surface area contributed by atoms with Gasteiger partial charge in [-0.05, 0) is 43.5 Å². The molecular weight excluding hydrogens is 264 g/mol. The molecule has 0 aromatic heterocycles. The second-order valence-electron chi connectivity index (χ2n) is 4.72. The maximum atomic E-state index is 12.3. The quantitative estimate of drug-likeness (QED) is 0.857. The summed E-state index contributed by atoms with van der Waals surface area (Å²) in [5.74, 6) is 0. The van der Waals surface area contributed by atoms with Crippen molar-refractivity contribution in [3.63, 3.8) is 0 Å². The van der Waals surface area contributed by atoms with E-state index in [1.54, 1.807) is 7.05 Å². The molecule has 0 bridgehead atoms. The van der Waals surface area contributed by atoms with E-state index in [1.165, 1.54) is 15.7 Å². The average molecular weight is 286 g/mol. The van der Waals surface area contributed by atoms with Crippen LogP contribution >= 0.6 is 0 Å². The molecule has 0 saturated carbocycles. The molecule has 0 unspecified atom stereocenters. The van der Waals surface area contributed by atoms with Crippen LogP contribution in [0.25, 0.3) is 0 Å². The lowest BCUT2D eigenvalue weighted by atomic mass is 10.1. The number of hydrogen-bond donors (Lipinski definition) is 1. The highest BCUT2D eigenvalue weighted by Gasteiger charge is 2.23. The molecule has 0 heterocycles. The second kappa shape index (κ2) is 6.36.